The molecule has 0 unspecified atom stereocenters. The van der Waals surface area contributed by atoms with Crippen molar-refractivity contribution in [3.63, 3.8) is 0 Å². The summed E-state index contributed by atoms with van der Waals surface area (Å²) in [4.78, 5) is 4.27. The summed E-state index contributed by atoms with van der Waals surface area (Å²) in [6.07, 6.45) is 5.95. The second-order valence-corrected chi connectivity index (χ2v) is 5.01. The smallest absolute Gasteiger partial charge is 0.0549 e. The van der Waals surface area contributed by atoms with E-state index in [-0.39, 0.29) is 0 Å². The maximum Gasteiger partial charge on any atom is 0.0549 e. The van der Waals surface area contributed by atoms with Crippen LogP contribution in [0.2, 0.25) is 0 Å². The Morgan fingerprint density at radius 3 is 2.47 bits per heavy atom. The van der Waals surface area contributed by atoms with Crippen molar-refractivity contribution in [3.8, 4) is 0 Å². The van der Waals surface area contributed by atoms with Crippen molar-refractivity contribution in [1.29, 1.82) is 0 Å². The Hall–Kier alpha value is -2.03. The van der Waals surface area contributed by atoms with Crippen LogP contribution in [0.25, 0.3) is 0 Å². The molecule has 0 atom stereocenters. The highest BCUT2D eigenvalue weighted by Gasteiger charge is 2.20. The lowest BCUT2D eigenvalue weighted by molar-refractivity contribution is 0.773. The minimum atomic E-state index is 0.482. The molecule has 1 aromatic carbocycles. The third kappa shape index (κ3) is 2.70. The quantitative estimate of drug-likeness (QED) is 0.879. The van der Waals surface area contributed by atoms with Crippen molar-refractivity contribution in [3.05, 3.63) is 53.9 Å². The number of anilines is 2. The number of rotatable bonds is 4. The molecular formula is C16H19N3. The van der Waals surface area contributed by atoms with E-state index in [1.807, 2.05) is 12.4 Å². The average Bonchev–Trinajstić information content (AvgIpc) is 2.81. The molecule has 0 radical (unpaired) electrons. The van der Waals surface area contributed by atoms with Gasteiger partial charge in [0, 0.05) is 12.6 Å². The number of benzene rings is 1. The Labute approximate surface area is 114 Å². The molecule has 1 aliphatic carbocycles. The predicted octanol–water partition coefficient (Wildman–Crippen LogP) is 3.09. The fraction of sp³-hybridized carbons (Fsp3) is 0.312. The zero-order valence-corrected chi connectivity index (χ0v) is 11.2. The highest BCUT2D eigenvalue weighted by molar-refractivity contribution is 5.55. The third-order valence-corrected chi connectivity index (χ3v) is 3.54. The number of aromatic nitrogens is 1. The monoisotopic (exact) mass is 253 g/mol. The van der Waals surface area contributed by atoms with Crippen LogP contribution in [0.5, 0.6) is 0 Å². The van der Waals surface area contributed by atoms with Crippen LogP contribution < -0.4 is 10.6 Å². The molecule has 0 bridgehead atoms. The van der Waals surface area contributed by atoms with Gasteiger partial charge in [0.05, 0.1) is 23.8 Å². The van der Waals surface area contributed by atoms with Crippen LogP contribution >= 0.6 is 0 Å². The van der Waals surface area contributed by atoms with Crippen molar-refractivity contribution in [2.75, 3.05) is 17.2 Å². The van der Waals surface area contributed by atoms with Gasteiger partial charge in [0.15, 0.2) is 0 Å². The average molecular weight is 253 g/mol. The molecule has 3 nitrogen and oxygen atoms in total. The number of fused-ring (bicyclic) bond motifs is 1. The first-order chi connectivity index (χ1) is 9.35. The van der Waals surface area contributed by atoms with Gasteiger partial charge in [-0.1, -0.05) is 24.3 Å². The Morgan fingerprint density at radius 1 is 1.11 bits per heavy atom. The van der Waals surface area contributed by atoms with Crippen molar-refractivity contribution >= 4 is 11.4 Å². The van der Waals surface area contributed by atoms with Gasteiger partial charge in [-0.2, -0.15) is 0 Å². The van der Waals surface area contributed by atoms with Gasteiger partial charge in [-0.05, 0) is 37.0 Å². The van der Waals surface area contributed by atoms with E-state index in [1.54, 1.807) is 0 Å². The van der Waals surface area contributed by atoms with Crippen LogP contribution in [0, 0.1) is 0 Å². The number of hydrogen-bond acceptors (Lipinski definition) is 3. The van der Waals surface area contributed by atoms with Gasteiger partial charge in [0.25, 0.3) is 0 Å². The summed E-state index contributed by atoms with van der Waals surface area (Å²) in [5.41, 5.74) is 5.10. The second-order valence-electron chi connectivity index (χ2n) is 5.01. The molecule has 1 aliphatic rings. The van der Waals surface area contributed by atoms with E-state index in [9.17, 15) is 0 Å². The number of nitrogens with zero attached hydrogens (tertiary/aromatic N) is 1. The summed E-state index contributed by atoms with van der Waals surface area (Å²) >= 11 is 0. The van der Waals surface area contributed by atoms with Crippen molar-refractivity contribution in [2.45, 2.75) is 25.8 Å². The fourth-order valence-electron chi connectivity index (χ4n) is 2.72. The molecule has 3 heteroatoms. The molecule has 0 fully saturated rings. The molecule has 2 aromatic rings. The van der Waals surface area contributed by atoms with Crippen molar-refractivity contribution in [1.82, 2.24) is 4.98 Å². The SMILES string of the molecule is CCNc1cncc(NC2Cc3ccccc3C2)c1. The van der Waals surface area contributed by atoms with E-state index in [2.05, 4.69) is 52.9 Å². The fourth-order valence-corrected chi connectivity index (χ4v) is 2.72. The Kier molecular flexibility index (Phi) is 3.36. The molecular weight excluding hydrogens is 234 g/mol. The minimum absolute atomic E-state index is 0.482. The Morgan fingerprint density at radius 2 is 1.79 bits per heavy atom. The largest absolute Gasteiger partial charge is 0.384 e. The molecule has 1 heterocycles. The van der Waals surface area contributed by atoms with E-state index < -0.39 is 0 Å². The van der Waals surface area contributed by atoms with Gasteiger partial charge in [-0.3, -0.25) is 4.98 Å². The van der Waals surface area contributed by atoms with Gasteiger partial charge >= 0.3 is 0 Å². The molecule has 0 spiro atoms. The van der Waals surface area contributed by atoms with Crippen LogP contribution in [0.3, 0.4) is 0 Å². The molecule has 3 rings (SSSR count). The predicted molar refractivity (Wildman–Crippen MR) is 79.7 cm³/mol. The zero-order chi connectivity index (χ0) is 13.1. The van der Waals surface area contributed by atoms with Crippen LogP contribution in [0.1, 0.15) is 18.1 Å². The Balaban J connectivity index is 1.69. The van der Waals surface area contributed by atoms with Crippen LogP contribution in [0.4, 0.5) is 11.4 Å². The number of pyridine rings is 1. The van der Waals surface area contributed by atoms with E-state index in [0.717, 1.165) is 30.8 Å². The van der Waals surface area contributed by atoms with Gasteiger partial charge in [0.1, 0.15) is 0 Å². The topological polar surface area (TPSA) is 37.0 Å². The molecule has 2 N–H and O–H groups in total. The van der Waals surface area contributed by atoms with E-state index in [4.69, 9.17) is 0 Å². The summed E-state index contributed by atoms with van der Waals surface area (Å²) in [6.45, 7) is 3.01. The molecule has 0 aliphatic heterocycles. The highest BCUT2D eigenvalue weighted by atomic mass is 15.0. The molecule has 0 saturated heterocycles. The van der Waals surface area contributed by atoms with E-state index in [1.165, 1.54) is 11.1 Å². The van der Waals surface area contributed by atoms with E-state index >= 15 is 0 Å². The summed E-state index contributed by atoms with van der Waals surface area (Å²) in [7, 11) is 0. The van der Waals surface area contributed by atoms with Crippen LogP contribution in [0.15, 0.2) is 42.7 Å². The van der Waals surface area contributed by atoms with Crippen molar-refractivity contribution in [2.24, 2.45) is 0 Å². The van der Waals surface area contributed by atoms with Gasteiger partial charge < -0.3 is 10.6 Å². The molecule has 19 heavy (non-hydrogen) atoms. The number of nitrogens with one attached hydrogen (secondary N) is 2. The van der Waals surface area contributed by atoms with Crippen LogP contribution in [-0.4, -0.2) is 17.6 Å². The summed E-state index contributed by atoms with van der Waals surface area (Å²) in [5.74, 6) is 0. The van der Waals surface area contributed by atoms with Gasteiger partial charge in [-0.25, -0.2) is 0 Å². The summed E-state index contributed by atoms with van der Waals surface area (Å²) in [5, 5.41) is 6.87. The first-order valence-corrected chi connectivity index (χ1v) is 6.87. The summed E-state index contributed by atoms with van der Waals surface area (Å²) < 4.78 is 0. The normalized spacial score (nSPS) is 14.2. The highest BCUT2D eigenvalue weighted by Crippen LogP contribution is 2.24. The maximum absolute atomic E-state index is 4.27. The second kappa shape index (κ2) is 5.31. The molecule has 0 amide bonds. The molecule has 0 saturated carbocycles. The Bertz CT molecular complexity index is 540. The third-order valence-electron chi connectivity index (χ3n) is 3.54. The standard InChI is InChI=1S/C16H19N3/c1-2-18-15-9-16(11-17-10-15)19-14-7-12-5-3-4-6-13(12)8-14/h3-6,9-11,14,18-19H,2,7-8H2,1H3. The van der Waals surface area contributed by atoms with Crippen molar-refractivity contribution < 1.29 is 0 Å². The number of hydrogen-bond donors (Lipinski definition) is 2. The molecule has 1 aromatic heterocycles. The lowest BCUT2D eigenvalue weighted by Gasteiger charge is -2.14. The first kappa shape index (κ1) is 12.0. The van der Waals surface area contributed by atoms with Gasteiger partial charge in [0.2, 0.25) is 0 Å². The minimum Gasteiger partial charge on any atom is -0.384 e. The van der Waals surface area contributed by atoms with Crippen LogP contribution in [-0.2, 0) is 12.8 Å². The lowest BCUT2D eigenvalue weighted by Crippen LogP contribution is -2.19. The maximum atomic E-state index is 4.27. The van der Waals surface area contributed by atoms with E-state index in [0.29, 0.717) is 6.04 Å². The first-order valence-electron chi connectivity index (χ1n) is 6.87. The summed E-state index contributed by atoms with van der Waals surface area (Å²) in [6, 6.07) is 11.3. The molecule has 98 valence electrons. The lowest BCUT2D eigenvalue weighted by atomic mass is 10.1. The van der Waals surface area contributed by atoms with Gasteiger partial charge in [-0.15, -0.1) is 0 Å². The zero-order valence-electron chi connectivity index (χ0n) is 11.2.